The van der Waals surface area contributed by atoms with Crippen LogP contribution in [0.2, 0.25) is 0 Å². The van der Waals surface area contributed by atoms with Gasteiger partial charge in [-0.15, -0.1) is 0 Å². The molecule has 0 N–H and O–H groups in total. The van der Waals surface area contributed by atoms with Crippen molar-refractivity contribution < 1.29 is 9.53 Å². The maximum absolute atomic E-state index is 13.0. The quantitative estimate of drug-likeness (QED) is 0.295. The summed E-state index contributed by atoms with van der Waals surface area (Å²) < 4.78 is 5.29. The third-order valence-electron chi connectivity index (χ3n) is 5.17. The monoisotopic (exact) mass is 375 g/mol. The van der Waals surface area contributed by atoms with E-state index in [1.807, 2.05) is 24.3 Å². The molecule has 1 aromatic carbocycles. The first-order chi connectivity index (χ1) is 13.2. The molecule has 1 aromatic rings. The van der Waals surface area contributed by atoms with Gasteiger partial charge in [-0.1, -0.05) is 84.1 Å². The van der Waals surface area contributed by atoms with Crippen molar-refractivity contribution in [2.24, 2.45) is 0 Å². The van der Waals surface area contributed by atoms with Gasteiger partial charge in [0.05, 0.1) is 7.11 Å². The third kappa shape index (κ3) is 10.4. The Morgan fingerprint density at radius 3 is 1.85 bits per heavy atom. The topological polar surface area (TPSA) is 29.5 Å². The average Bonchev–Trinajstić information content (AvgIpc) is 2.71. The fourth-order valence-corrected chi connectivity index (χ4v) is 3.42. The summed E-state index contributed by atoms with van der Waals surface area (Å²) in [5, 5.41) is 0. The molecule has 1 rings (SSSR count). The largest absolute Gasteiger partial charge is 0.497 e. The number of methoxy groups -OCH3 is 1. The van der Waals surface area contributed by atoms with Crippen molar-refractivity contribution in [1.82, 2.24) is 4.90 Å². The molecule has 0 aliphatic carbocycles. The predicted octanol–water partition coefficient (Wildman–Crippen LogP) is 6.86. The van der Waals surface area contributed by atoms with E-state index in [1.165, 1.54) is 64.2 Å². The van der Waals surface area contributed by atoms with E-state index in [0.29, 0.717) is 0 Å². The lowest BCUT2D eigenvalue weighted by molar-refractivity contribution is 0.0749. The summed E-state index contributed by atoms with van der Waals surface area (Å²) in [6.07, 6.45) is 15.1. The smallest absolute Gasteiger partial charge is 0.253 e. The van der Waals surface area contributed by atoms with Crippen LogP contribution < -0.4 is 4.74 Å². The van der Waals surface area contributed by atoms with E-state index in [1.54, 1.807) is 7.11 Å². The van der Waals surface area contributed by atoms with Gasteiger partial charge in [0.15, 0.2) is 0 Å². The summed E-state index contributed by atoms with van der Waals surface area (Å²) in [4.78, 5) is 15.1. The number of carbonyl (C=O) groups is 1. The van der Waals surface area contributed by atoms with Gasteiger partial charge < -0.3 is 9.64 Å². The van der Waals surface area contributed by atoms with Crippen LogP contribution in [0.5, 0.6) is 5.75 Å². The average molecular weight is 376 g/mol. The van der Waals surface area contributed by atoms with Crippen LogP contribution in [0.1, 0.15) is 101 Å². The fraction of sp³-hybridized carbons (Fsp3) is 0.708. The molecule has 27 heavy (non-hydrogen) atoms. The summed E-state index contributed by atoms with van der Waals surface area (Å²) >= 11 is 0. The van der Waals surface area contributed by atoms with E-state index in [2.05, 4.69) is 18.7 Å². The number of benzene rings is 1. The van der Waals surface area contributed by atoms with E-state index >= 15 is 0 Å². The van der Waals surface area contributed by atoms with Gasteiger partial charge in [0.25, 0.3) is 5.91 Å². The second-order valence-corrected chi connectivity index (χ2v) is 7.56. The van der Waals surface area contributed by atoms with Crippen molar-refractivity contribution in [1.29, 1.82) is 0 Å². The number of ether oxygens (including phenoxy) is 1. The summed E-state index contributed by atoms with van der Waals surface area (Å²) in [6.45, 7) is 6.23. The third-order valence-corrected chi connectivity index (χ3v) is 5.17. The maximum Gasteiger partial charge on any atom is 0.253 e. The first-order valence-electron chi connectivity index (χ1n) is 11.2. The lowest BCUT2D eigenvalue weighted by atomic mass is 10.1. The highest BCUT2D eigenvalue weighted by molar-refractivity contribution is 5.94. The van der Waals surface area contributed by atoms with Crippen LogP contribution in [0.25, 0.3) is 0 Å². The molecule has 0 atom stereocenters. The molecular formula is C24H41NO2. The highest BCUT2D eigenvalue weighted by Gasteiger charge is 2.15. The van der Waals surface area contributed by atoms with Crippen LogP contribution >= 0.6 is 0 Å². The molecule has 0 aromatic heterocycles. The summed E-state index contributed by atoms with van der Waals surface area (Å²) in [5.74, 6) is 0.899. The molecule has 0 saturated carbocycles. The Hall–Kier alpha value is -1.51. The molecule has 154 valence electrons. The van der Waals surface area contributed by atoms with Gasteiger partial charge in [-0.3, -0.25) is 4.79 Å². The predicted molar refractivity (Wildman–Crippen MR) is 116 cm³/mol. The number of carbonyl (C=O) groups excluding carboxylic acids is 1. The number of hydrogen-bond acceptors (Lipinski definition) is 2. The highest BCUT2D eigenvalue weighted by Crippen LogP contribution is 2.16. The SMILES string of the molecule is CCCCCCCCN(CCCCCCCC)C(=O)c1cccc(OC)c1. The van der Waals surface area contributed by atoms with Crippen molar-refractivity contribution in [3.05, 3.63) is 29.8 Å². The molecule has 0 saturated heterocycles. The molecule has 0 spiro atoms. The summed E-state index contributed by atoms with van der Waals surface area (Å²) in [7, 11) is 1.65. The van der Waals surface area contributed by atoms with E-state index < -0.39 is 0 Å². The standard InChI is InChI=1S/C24H41NO2/c1-4-6-8-10-12-14-19-25(20-15-13-11-9-7-5-2)24(26)22-17-16-18-23(21-22)27-3/h16-18,21H,4-15,19-20H2,1-3H3. The van der Waals surface area contributed by atoms with Crippen molar-refractivity contribution in [3.8, 4) is 5.75 Å². The van der Waals surface area contributed by atoms with Crippen LogP contribution in [0.15, 0.2) is 24.3 Å². The van der Waals surface area contributed by atoms with Crippen LogP contribution in [0.4, 0.5) is 0 Å². The Labute approximate surface area is 167 Å². The second kappa shape index (κ2) is 15.5. The van der Waals surface area contributed by atoms with Crippen molar-refractivity contribution >= 4 is 5.91 Å². The molecule has 0 aliphatic heterocycles. The lowest BCUT2D eigenvalue weighted by Crippen LogP contribution is -2.33. The summed E-state index contributed by atoms with van der Waals surface area (Å²) in [5.41, 5.74) is 0.742. The minimum atomic E-state index is 0.149. The van der Waals surface area contributed by atoms with Gasteiger partial charge in [0.2, 0.25) is 0 Å². The zero-order chi connectivity index (χ0) is 19.7. The Bertz CT molecular complexity index is 485. The van der Waals surface area contributed by atoms with E-state index in [9.17, 15) is 4.79 Å². The van der Waals surface area contributed by atoms with Gasteiger partial charge in [0.1, 0.15) is 5.75 Å². The summed E-state index contributed by atoms with van der Waals surface area (Å²) in [6, 6.07) is 7.56. The fourth-order valence-electron chi connectivity index (χ4n) is 3.42. The number of unbranched alkanes of at least 4 members (excludes halogenated alkanes) is 10. The molecule has 0 unspecified atom stereocenters. The highest BCUT2D eigenvalue weighted by atomic mass is 16.5. The van der Waals surface area contributed by atoms with Crippen LogP contribution in [0, 0.1) is 0 Å². The Kier molecular flexibility index (Phi) is 13.5. The Balaban J connectivity index is 2.52. The van der Waals surface area contributed by atoms with Gasteiger partial charge in [-0.05, 0) is 31.0 Å². The van der Waals surface area contributed by atoms with Crippen molar-refractivity contribution in [2.75, 3.05) is 20.2 Å². The Morgan fingerprint density at radius 1 is 0.815 bits per heavy atom. The van der Waals surface area contributed by atoms with Gasteiger partial charge in [0, 0.05) is 18.7 Å². The van der Waals surface area contributed by atoms with Crippen molar-refractivity contribution in [2.45, 2.75) is 90.9 Å². The van der Waals surface area contributed by atoms with Crippen LogP contribution in [-0.2, 0) is 0 Å². The maximum atomic E-state index is 13.0. The van der Waals surface area contributed by atoms with E-state index in [0.717, 1.165) is 37.2 Å². The normalized spacial score (nSPS) is 10.8. The molecule has 0 bridgehead atoms. The lowest BCUT2D eigenvalue weighted by Gasteiger charge is -2.23. The van der Waals surface area contributed by atoms with E-state index in [4.69, 9.17) is 4.74 Å². The van der Waals surface area contributed by atoms with Crippen molar-refractivity contribution in [3.63, 3.8) is 0 Å². The molecule has 0 aliphatic rings. The molecule has 0 radical (unpaired) electrons. The number of hydrogen-bond donors (Lipinski definition) is 0. The molecule has 3 heteroatoms. The minimum Gasteiger partial charge on any atom is -0.497 e. The Morgan fingerprint density at radius 2 is 1.33 bits per heavy atom. The van der Waals surface area contributed by atoms with E-state index in [-0.39, 0.29) is 5.91 Å². The first-order valence-corrected chi connectivity index (χ1v) is 11.2. The van der Waals surface area contributed by atoms with Gasteiger partial charge in [-0.2, -0.15) is 0 Å². The number of rotatable bonds is 16. The molecule has 0 fully saturated rings. The zero-order valence-electron chi connectivity index (χ0n) is 18.0. The second-order valence-electron chi connectivity index (χ2n) is 7.56. The van der Waals surface area contributed by atoms with Gasteiger partial charge in [-0.25, -0.2) is 0 Å². The van der Waals surface area contributed by atoms with Gasteiger partial charge >= 0.3 is 0 Å². The van der Waals surface area contributed by atoms with Crippen LogP contribution in [0.3, 0.4) is 0 Å². The molecule has 0 heterocycles. The molecular weight excluding hydrogens is 334 g/mol. The molecule has 3 nitrogen and oxygen atoms in total. The zero-order valence-corrected chi connectivity index (χ0v) is 18.0. The van der Waals surface area contributed by atoms with Crippen LogP contribution in [-0.4, -0.2) is 31.0 Å². The first kappa shape index (κ1) is 23.5. The number of amides is 1. The number of nitrogens with zero attached hydrogens (tertiary/aromatic N) is 1. The minimum absolute atomic E-state index is 0.149. The molecule has 1 amide bonds.